The molecule has 0 aliphatic rings. The van der Waals surface area contributed by atoms with E-state index >= 15 is 0 Å². The fourth-order valence-electron chi connectivity index (χ4n) is 3.68. The molecule has 0 aliphatic carbocycles. The summed E-state index contributed by atoms with van der Waals surface area (Å²) in [4.78, 5) is 12.5. The first-order valence-corrected chi connectivity index (χ1v) is 9.33. The van der Waals surface area contributed by atoms with Crippen molar-refractivity contribution in [2.45, 2.75) is 0 Å². The van der Waals surface area contributed by atoms with Crippen molar-refractivity contribution in [1.29, 1.82) is 0 Å². The molecule has 3 N–H and O–H groups in total. The molecule has 0 saturated heterocycles. The van der Waals surface area contributed by atoms with Crippen LogP contribution in [0.5, 0.6) is 0 Å². The quantitative estimate of drug-likeness (QED) is 0.404. The van der Waals surface area contributed by atoms with Crippen molar-refractivity contribution in [2.75, 3.05) is 0 Å². The highest BCUT2D eigenvalue weighted by Crippen LogP contribution is 2.33. The third kappa shape index (κ3) is 2.58. The lowest BCUT2D eigenvalue weighted by Crippen LogP contribution is -1.84. The van der Waals surface area contributed by atoms with Crippen LogP contribution < -0.4 is 0 Å². The first-order valence-electron chi connectivity index (χ1n) is 9.33. The number of nitrogens with zero attached hydrogens (tertiary/aromatic N) is 4. The average Bonchev–Trinajstić information content (AvgIpc) is 3.52. The van der Waals surface area contributed by atoms with Gasteiger partial charge in [-0.05, 0) is 35.9 Å². The Morgan fingerprint density at radius 3 is 2.60 bits per heavy atom. The second-order valence-corrected chi connectivity index (χ2v) is 6.99. The van der Waals surface area contributed by atoms with Crippen molar-refractivity contribution in [2.24, 2.45) is 0 Å². The molecule has 0 amide bonds. The monoisotopic (exact) mass is 395 g/mol. The van der Waals surface area contributed by atoms with E-state index in [0.29, 0.717) is 0 Å². The highest BCUT2D eigenvalue weighted by molar-refractivity contribution is 5.99. The van der Waals surface area contributed by atoms with Crippen LogP contribution in [-0.4, -0.2) is 35.3 Å². The Morgan fingerprint density at radius 2 is 1.77 bits per heavy atom. The molecule has 0 bridgehead atoms. The summed E-state index contributed by atoms with van der Waals surface area (Å²) in [6.45, 7) is 0. The molecule has 8 heteroatoms. The maximum atomic E-state index is 13.3. The predicted molar refractivity (Wildman–Crippen MR) is 112 cm³/mol. The van der Waals surface area contributed by atoms with Gasteiger partial charge in [-0.25, -0.2) is 9.37 Å². The molecule has 6 rings (SSSR count). The molecule has 0 aliphatic heterocycles. The van der Waals surface area contributed by atoms with Gasteiger partial charge < -0.3 is 4.98 Å². The molecule has 0 atom stereocenters. The van der Waals surface area contributed by atoms with Crippen LogP contribution in [0, 0.1) is 5.82 Å². The minimum atomic E-state index is -0.267. The molecule has 0 unspecified atom stereocenters. The maximum Gasteiger partial charge on any atom is 0.135 e. The van der Waals surface area contributed by atoms with E-state index in [9.17, 15) is 4.39 Å². The molecule has 0 radical (unpaired) electrons. The number of aromatic nitrogens is 7. The first kappa shape index (κ1) is 16.6. The standard InChI is InChI=1S/C22H14FN7/c23-14-3-1-12(2-4-14)16-10-24-11-20-15(16)7-19(27-20)22-21-18(29-30-22)6-5-17(28-21)13-8-25-26-9-13/h1-11,27H,(H,25,26)(H,29,30). The van der Waals surface area contributed by atoms with Gasteiger partial charge in [-0.2, -0.15) is 10.2 Å². The number of hydrogen-bond donors (Lipinski definition) is 3. The maximum absolute atomic E-state index is 13.3. The van der Waals surface area contributed by atoms with Gasteiger partial charge in [0.05, 0.1) is 34.8 Å². The van der Waals surface area contributed by atoms with Gasteiger partial charge in [-0.1, -0.05) is 12.1 Å². The smallest absolute Gasteiger partial charge is 0.135 e. The van der Waals surface area contributed by atoms with E-state index in [2.05, 4.69) is 30.4 Å². The van der Waals surface area contributed by atoms with Gasteiger partial charge in [0.15, 0.2) is 0 Å². The molecule has 7 nitrogen and oxygen atoms in total. The summed E-state index contributed by atoms with van der Waals surface area (Å²) in [6.07, 6.45) is 7.09. The van der Waals surface area contributed by atoms with Crippen LogP contribution in [0.2, 0.25) is 0 Å². The topological polar surface area (TPSA) is 98.9 Å². The number of halogens is 1. The number of fused-ring (bicyclic) bond motifs is 2. The van der Waals surface area contributed by atoms with Crippen molar-refractivity contribution in [3.05, 3.63) is 73.1 Å². The van der Waals surface area contributed by atoms with Crippen LogP contribution in [0.25, 0.3) is 55.7 Å². The van der Waals surface area contributed by atoms with E-state index in [1.165, 1.54) is 12.1 Å². The highest BCUT2D eigenvalue weighted by Gasteiger charge is 2.15. The van der Waals surface area contributed by atoms with Gasteiger partial charge in [0, 0.05) is 28.9 Å². The number of nitrogens with one attached hydrogen (secondary N) is 3. The number of pyridine rings is 2. The minimum Gasteiger partial charge on any atom is -0.352 e. The van der Waals surface area contributed by atoms with E-state index in [1.54, 1.807) is 36.9 Å². The highest BCUT2D eigenvalue weighted by atomic mass is 19.1. The van der Waals surface area contributed by atoms with Crippen molar-refractivity contribution in [3.8, 4) is 33.8 Å². The van der Waals surface area contributed by atoms with Crippen molar-refractivity contribution in [1.82, 2.24) is 35.3 Å². The van der Waals surface area contributed by atoms with Crippen molar-refractivity contribution in [3.63, 3.8) is 0 Å². The van der Waals surface area contributed by atoms with Crippen molar-refractivity contribution < 1.29 is 4.39 Å². The zero-order valence-electron chi connectivity index (χ0n) is 15.5. The van der Waals surface area contributed by atoms with Gasteiger partial charge in [0.25, 0.3) is 0 Å². The SMILES string of the molecule is Fc1ccc(-c2cncc3[nH]c(-c4n[nH]c5ccc(-c6cn[nH]c6)nc45)cc23)cc1. The van der Waals surface area contributed by atoms with E-state index in [4.69, 9.17) is 4.98 Å². The van der Waals surface area contributed by atoms with Gasteiger partial charge in [-0.3, -0.25) is 15.2 Å². The lowest BCUT2D eigenvalue weighted by Gasteiger charge is -2.02. The van der Waals surface area contributed by atoms with E-state index in [0.717, 1.165) is 55.7 Å². The fourth-order valence-corrected chi connectivity index (χ4v) is 3.68. The van der Waals surface area contributed by atoms with Gasteiger partial charge in [-0.15, -0.1) is 0 Å². The summed E-state index contributed by atoms with van der Waals surface area (Å²) in [7, 11) is 0. The number of aromatic amines is 3. The zero-order chi connectivity index (χ0) is 20.1. The molecule has 0 saturated carbocycles. The average molecular weight is 395 g/mol. The lowest BCUT2D eigenvalue weighted by atomic mass is 10.0. The molecule has 0 spiro atoms. The summed E-state index contributed by atoms with van der Waals surface area (Å²) in [5, 5.41) is 15.3. The van der Waals surface area contributed by atoms with Crippen molar-refractivity contribution >= 4 is 21.9 Å². The second-order valence-electron chi connectivity index (χ2n) is 6.99. The Kier molecular flexibility index (Phi) is 3.51. The molecule has 5 heterocycles. The molecule has 1 aromatic carbocycles. The molecule has 5 aromatic heterocycles. The second kappa shape index (κ2) is 6.35. The third-order valence-electron chi connectivity index (χ3n) is 5.16. The summed E-state index contributed by atoms with van der Waals surface area (Å²) in [6, 6.07) is 12.3. The third-order valence-corrected chi connectivity index (χ3v) is 5.16. The predicted octanol–water partition coefficient (Wildman–Crippen LogP) is 4.70. The fraction of sp³-hybridized carbons (Fsp3) is 0. The van der Waals surface area contributed by atoms with E-state index < -0.39 is 0 Å². The Morgan fingerprint density at radius 1 is 0.867 bits per heavy atom. The van der Waals surface area contributed by atoms with Gasteiger partial charge >= 0.3 is 0 Å². The summed E-state index contributed by atoms with van der Waals surface area (Å²) in [5.41, 5.74) is 7.54. The summed E-state index contributed by atoms with van der Waals surface area (Å²) < 4.78 is 13.3. The molecular formula is C22H14FN7. The number of hydrogen-bond acceptors (Lipinski definition) is 4. The lowest BCUT2D eigenvalue weighted by molar-refractivity contribution is 0.628. The number of rotatable bonds is 3. The summed E-state index contributed by atoms with van der Waals surface area (Å²) >= 11 is 0. The molecule has 30 heavy (non-hydrogen) atoms. The molecule has 6 aromatic rings. The minimum absolute atomic E-state index is 0.267. The Labute approximate surface area is 169 Å². The number of H-pyrrole nitrogens is 3. The van der Waals surface area contributed by atoms with E-state index in [1.807, 2.05) is 18.2 Å². The van der Waals surface area contributed by atoms with Crippen LogP contribution in [0.3, 0.4) is 0 Å². The van der Waals surface area contributed by atoms with Crippen LogP contribution in [-0.2, 0) is 0 Å². The van der Waals surface area contributed by atoms with E-state index in [-0.39, 0.29) is 5.82 Å². The Balaban J connectivity index is 1.52. The molecular weight excluding hydrogens is 381 g/mol. The molecule has 0 fully saturated rings. The van der Waals surface area contributed by atoms with Crippen LogP contribution in [0.1, 0.15) is 0 Å². The van der Waals surface area contributed by atoms with Gasteiger partial charge in [0.1, 0.15) is 17.0 Å². The summed E-state index contributed by atoms with van der Waals surface area (Å²) in [5.74, 6) is -0.267. The normalized spacial score (nSPS) is 11.5. The van der Waals surface area contributed by atoms with Crippen LogP contribution in [0.15, 0.2) is 67.3 Å². The molecule has 144 valence electrons. The number of benzene rings is 1. The largest absolute Gasteiger partial charge is 0.352 e. The van der Waals surface area contributed by atoms with Gasteiger partial charge in [0.2, 0.25) is 0 Å². The first-order chi connectivity index (χ1) is 14.8. The zero-order valence-corrected chi connectivity index (χ0v) is 15.5. The Bertz CT molecular complexity index is 1490. The Hall–Kier alpha value is -4.33. The van der Waals surface area contributed by atoms with Crippen LogP contribution in [0.4, 0.5) is 4.39 Å². The van der Waals surface area contributed by atoms with Crippen LogP contribution >= 0.6 is 0 Å².